The molecule has 0 saturated carbocycles. The number of anilines is 1. The van der Waals surface area contributed by atoms with Crippen LogP contribution < -0.4 is 20.7 Å². The first kappa shape index (κ1) is 20.3. The van der Waals surface area contributed by atoms with E-state index in [4.69, 9.17) is 33.7 Å². The van der Waals surface area contributed by atoms with Crippen LogP contribution in [0.5, 0.6) is 5.75 Å². The molecule has 0 spiro atoms. The fraction of sp³-hybridized carbons (Fsp3) is 0.300. The smallest absolute Gasteiger partial charge is 0.261 e. The Balaban J connectivity index is 1.77. The van der Waals surface area contributed by atoms with Crippen molar-refractivity contribution >= 4 is 40.7 Å². The maximum absolute atomic E-state index is 12.8. The number of ether oxygens (including phenoxy) is 1. The molecular weight excluding hydrogens is 401 g/mol. The number of primary amides is 1. The summed E-state index contributed by atoms with van der Waals surface area (Å²) >= 11 is 12.1. The summed E-state index contributed by atoms with van der Waals surface area (Å²) in [5.41, 5.74) is 7.60. The number of nitrogens with one attached hydrogen (secondary N) is 1. The molecule has 0 aromatic heterocycles. The molecule has 3 rings (SSSR count). The lowest BCUT2D eigenvalue weighted by molar-refractivity contribution is -0.128. The zero-order valence-corrected chi connectivity index (χ0v) is 17.1. The number of halogens is 2. The molecule has 2 amide bonds. The fourth-order valence-corrected chi connectivity index (χ4v) is 3.69. The van der Waals surface area contributed by atoms with Gasteiger partial charge in [-0.25, -0.2) is 0 Å². The normalized spacial score (nSPS) is 16.4. The average molecular weight is 422 g/mol. The van der Waals surface area contributed by atoms with Crippen molar-refractivity contribution in [2.24, 2.45) is 5.73 Å². The maximum atomic E-state index is 12.8. The molecule has 148 valence electrons. The second kappa shape index (κ2) is 8.29. The van der Waals surface area contributed by atoms with Crippen LogP contribution in [0.3, 0.4) is 0 Å². The highest BCUT2D eigenvalue weighted by molar-refractivity contribution is 6.35. The van der Waals surface area contributed by atoms with E-state index in [-0.39, 0.29) is 11.9 Å². The van der Waals surface area contributed by atoms with Crippen LogP contribution in [-0.2, 0) is 4.79 Å². The predicted octanol–water partition coefficient (Wildman–Crippen LogP) is 3.56. The lowest BCUT2D eigenvalue weighted by Crippen LogP contribution is -2.41. The van der Waals surface area contributed by atoms with Crippen molar-refractivity contribution in [2.75, 3.05) is 18.5 Å². The summed E-state index contributed by atoms with van der Waals surface area (Å²) in [6.07, 6.45) is -0.256. The molecule has 3 N–H and O–H groups in total. The summed E-state index contributed by atoms with van der Waals surface area (Å²) in [5, 5.41) is 3.84. The number of nitrogens with zero attached hydrogens (tertiary/aromatic N) is 1. The lowest BCUT2D eigenvalue weighted by atomic mass is 10.0. The van der Waals surface area contributed by atoms with E-state index in [0.29, 0.717) is 34.3 Å². The van der Waals surface area contributed by atoms with E-state index in [1.807, 2.05) is 24.9 Å². The third-order valence-corrected chi connectivity index (χ3v) is 5.23. The molecule has 1 heterocycles. The molecule has 0 bridgehead atoms. The monoisotopic (exact) mass is 421 g/mol. The third kappa shape index (κ3) is 4.18. The van der Waals surface area contributed by atoms with Gasteiger partial charge in [-0.15, -0.1) is 0 Å². The van der Waals surface area contributed by atoms with Crippen LogP contribution in [0.1, 0.15) is 35.3 Å². The van der Waals surface area contributed by atoms with Crippen LogP contribution in [0.25, 0.3) is 0 Å². The molecule has 0 radical (unpaired) electrons. The summed E-state index contributed by atoms with van der Waals surface area (Å²) in [6, 6.07) is 9.83. The minimum absolute atomic E-state index is 0.260. The zero-order chi connectivity index (χ0) is 20.4. The summed E-state index contributed by atoms with van der Waals surface area (Å²) in [7, 11) is 1.93. The van der Waals surface area contributed by atoms with Gasteiger partial charge in [-0.3, -0.25) is 9.59 Å². The maximum Gasteiger partial charge on any atom is 0.261 e. The Morgan fingerprint density at radius 2 is 2.04 bits per heavy atom. The second-order valence-corrected chi connectivity index (χ2v) is 7.51. The van der Waals surface area contributed by atoms with E-state index in [1.165, 1.54) is 0 Å². The SMILES string of the molecule is CCC(Oc1ccc(Cl)cc1Cl)C(=O)NC1CN(C)c2ccc(C(N)=O)cc21. The van der Waals surface area contributed by atoms with Crippen LogP contribution >= 0.6 is 23.2 Å². The van der Waals surface area contributed by atoms with Crippen molar-refractivity contribution in [1.29, 1.82) is 0 Å². The Hall–Kier alpha value is -2.44. The molecule has 8 heteroatoms. The molecule has 1 aliphatic heterocycles. The van der Waals surface area contributed by atoms with E-state index in [1.54, 1.807) is 30.3 Å². The van der Waals surface area contributed by atoms with Crippen LogP contribution in [0.2, 0.25) is 10.0 Å². The first-order chi connectivity index (χ1) is 13.3. The number of likely N-dealkylation sites (N-methyl/N-ethyl adjacent to an activating group) is 1. The Kier molecular flexibility index (Phi) is 6.01. The van der Waals surface area contributed by atoms with Gasteiger partial charge < -0.3 is 20.7 Å². The Morgan fingerprint density at radius 1 is 1.29 bits per heavy atom. The van der Waals surface area contributed by atoms with E-state index in [9.17, 15) is 9.59 Å². The molecular formula is C20H21Cl2N3O3. The number of hydrogen-bond acceptors (Lipinski definition) is 4. The largest absolute Gasteiger partial charge is 0.479 e. The Labute approximate surface area is 173 Å². The molecule has 0 saturated heterocycles. The molecule has 2 unspecified atom stereocenters. The van der Waals surface area contributed by atoms with E-state index < -0.39 is 12.0 Å². The third-order valence-electron chi connectivity index (χ3n) is 4.70. The van der Waals surface area contributed by atoms with Gasteiger partial charge >= 0.3 is 0 Å². The number of nitrogens with two attached hydrogens (primary N) is 1. The summed E-state index contributed by atoms with van der Waals surface area (Å²) < 4.78 is 5.81. The molecule has 0 fully saturated rings. The highest BCUT2D eigenvalue weighted by Crippen LogP contribution is 2.35. The quantitative estimate of drug-likeness (QED) is 0.746. The van der Waals surface area contributed by atoms with Crippen molar-refractivity contribution in [1.82, 2.24) is 5.32 Å². The number of carbonyl (C=O) groups excluding carboxylic acids is 2. The minimum Gasteiger partial charge on any atom is -0.479 e. The summed E-state index contributed by atoms with van der Waals surface area (Å²) in [6.45, 7) is 2.44. The first-order valence-corrected chi connectivity index (χ1v) is 9.62. The lowest BCUT2D eigenvalue weighted by Gasteiger charge is -2.21. The highest BCUT2D eigenvalue weighted by Gasteiger charge is 2.31. The van der Waals surface area contributed by atoms with Gasteiger partial charge in [0.1, 0.15) is 5.75 Å². The van der Waals surface area contributed by atoms with Gasteiger partial charge in [0.25, 0.3) is 5.91 Å². The van der Waals surface area contributed by atoms with Gasteiger partial charge in [-0.1, -0.05) is 30.1 Å². The highest BCUT2D eigenvalue weighted by atomic mass is 35.5. The number of carbonyl (C=O) groups is 2. The van der Waals surface area contributed by atoms with Gasteiger partial charge in [0.15, 0.2) is 6.10 Å². The van der Waals surface area contributed by atoms with Crippen molar-refractivity contribution in [3.05, 3.63) is 57.6 Å². The average Bonchev–Trinajstić information content (AvgIpc) is 2.96. The van der Waals surface area contributed by atoms with Crippen molar-refractivity contribution in [3.8, 4) is 5.75 Å². The topological polar surface area (TPSA) is 84.7 Å². The van der Waals surface area contributed by atoms with Gasteiger partial charge in [0, 0.05) is 35.4 Å². The van der Waals surface area contributed by atoms with Crippen LogP contribution in [0.4, 0.5) is 5.69 Å². The first-order valence-electron chi connectivity index (χ1n) is 8.87. The molecule has 28 heavy (non-hydrogen) atoms. The van der Waals surface area contributed by atoms with Crippen LogP contribution in [0, 0.1) is 0 Å². The molecule has 2 atom stereocenters. The van der Waals surface area contributed by atoms with Gasteiger partial charge in [0.05, 0.1) is 11.1 Å². The van der Waals surface area contributed by atoms with Crippen LogP contribution in [0.15, 0.2) is 36.4 Å². The van der Waals surface area contributed by atoms with E-state index in [2.05, 4.69) is 5.32 Å². The number of rotatable bonds is 6. The number of hydrogen-bond donors (Lipinski definition) is 2. The molecule has 6 nitrogen and oxygen atoms in total. The zero-order valence-electron chi connectivity index (χ0n) is 15.5. The van der Waals surface area contributed by atoms with Gasteiger partial charge in [0.2, 0.25) is 5.91 Å². The summed E-state index contributed by atoms with van der Waals surface area (Å²) in [5.74, 6) is -0.369. The second-order valence-electron chi connectivity index (χ2n) is 6.67. The molecule has 1 aliphatic rings. The van der Waals surface area contributed by atoms with Crippen molar-refractivity contribution < 1.29 is 14.3 Å². The Morgan fingerprint density at radius 3 is 2.68 bits per heavy atom. The van der Waals surface area contributed by atoms with E-state index in [0.717, 1.165) is 11.3 Å². The number of amides is 2. The number of fused-ring (bicyclic) bond motifs is 1. The number of benzene rings is 2. The summed E-state index contributed by atoms with van der Waals surface area (Å²) in [4.78, 5) is 26.4. The molecule has 2 aromatic rings. The Bertz CT molecular complexity index is 920. The minimum atomic E-state index is -0.715. The van der Waals surface area contributed by atoms with Crippen LogP contribution in [-0.4, -0.2) is 31.5 Å². The van der Waals surface area contributed by atoms with Crippen molar-refractivity contribution in [2.45, 2.75) is 25.5 Å². The standard InChI is InChI=1S/C20H21Cl2N3O3/c1-3-17(28-18-7-5-12(21)9-14(18)22)20(27)24-15-10-25(2)16-6-4-11(19(23)26)8-13(15)16/h4-9,15,17H,3,10H2,1-2H3,(H2,23,26)(H,24,27). The van der Waals surface area contributed by atoms with Gasteiger partial charge in [-0.05, 0) is 42.8 Å². The van der Waals surface area contributed by atoms with Gasteiger partial charge in [-0.2, -0.15) is 0 Å². The predicted molar refractivity (Wildman–Crippen MR) is 110 cm³/mol. The molecule has 0 aliphatic carbocycles. The van der Waals surface area contributed by atoms with Crippen molar-refractivity contribution in [3.63, 3.8) is 0 Å². The fourth-order valence-electron chi connectivity index (χ4n) is 3.24. The molecule has 2 aromatic carbocycles. The van der Waals surface area contributed by atoms with E-state index >= 15 is 0 Å².